The van der Waals surface area contributed by atoms with E-state index < -0.39 is 0 Å². The molecule has 0 aromatic heterocycles. The third-order valence-electron chi connectivity index (χ3n) is 4.94. The van der Waals surface area contributed by atoms with E-state index in [1.807, 2.05) is 43.3 Å². The monoisotopic (exact) mass is 394 g/mol. The highest BCUT2D eigenvalue weighted by Crippen LogP contribution is 2.20. The first-order valence-corrected chi connectivity index (χ1v) is 9.72. The summed E-state index contributed by atoms with van der Waals surface area (Å²) in [5.41, 5.74) is 2.85. The lowest BCUT2D eigenvalue weighted by Crippen LogP contribution is -2.47. The zero-order chi connectivity index (χ0) is 20.8. The van der Waals surface area contributed by atoms with E-state index in [-0.39, 0.29) is 23.9 Å². The van der Waals surface area contributed by atoms with E-state index in [1.165, 1.54) is 6.92 Å². The smallest absolute Gasteiger partial charge is 0.319 e. The van der Waals surface area contributed by atoms with Crippen molar-refractivity contribution in [3.63, 3.8) is 0 Å². The van der Waals surface area contributed by atoms with Crippen molar-refractivity contribution >= 4 is 29.2 Å². The lowest BCUT2D eigenvalue weighted by Gasteiger charge is -2.32. The van der Waals surface area contributed by atoms with Crippen LogP contribution in [0.2, 0.25) is 0 Å². The van der Waals surface area contributed by atoms with E-state index in [0.717, 1.165) is 11.3 Å². The van der Waals surface area contributed by atoms with Crippen LogP contribution in [0.4, 0.5) is 16.2 Å². The number of nitrogens with zero attached hydrogens (tertiary/aromatic N) is 1. The van der Waals surface area contributed by atoms with Gasteiger partial charge in [-0.2, -0.15) is 0 Å². The van der Waals surface area contributed by atoms with Gasteiger partial charge in [0.1, 0.15) is 0 Å². The van der Waals surface area contributed by atoms with Crippen LogP contribution < -0.4 is 16.0 Å². The number of amides is 4. The maximum absolute atomic E-state index is 12.8. The highest BCUT2D eigenvalue weighted by atomic mass is 16.2. The number of likely N-dealkylation sites (tertiary alicyclic amines) is 1. The van der Waals surface area contributed by atoms with Gasteiger partial charge in [0.15, 0.2) is 0 Å². The molecule has 0 spiro atoms. The van der Waals surface area contributed by atoms with Crippen molar-refractivity contribution in [3.05, 3.63) is 59.7 Å². The molecule has 152 valence electrons. The number of rotatable bonds is 4. The molecular formula is C22H26N4O3. The van der Waals surface area contributed by atoms with Crippen LogP contribution in [0.5, 0.6) is 0 Å². The van der Waals surface area contributed by atoms with E-state index in [0.29, 0.717) is 37.2 Å². The molecule has 29 heavy (non-hydrogen) atoms. The predicted octanol–water partition coefficient (Wildman–Crippen LogP) is 3.38. The molecule has 1 aliphatic rings. The van der Waals surface area contributed by atoms with Crippen LogP contribution in [-0.4, -0.2) is 41.9 Å². The standard InChI is InChI=1S/C22H26N4O3/c1-15-8-9-17(14-20(15)23-16(2)27)21(28)26-12-10-19(11-13-26)25-22(29)24-18-6-4-3-5-7-18/h3-9,14,19H,10-13H2,1-2H3,(H,23,27)(H2,24,25,29). The predicted molar refractivity (Wildman–Crippen MR) is 113 cm³/mol. The summed E-state index contributed by atoms with van der Waals surface area (Å²) in [6, 6.07) is 14.4. The van der Waals surface area contributed by atoms with Crippen LogP contribution in [0.25, 0.3) is 0 Å². The van der Waals surface area contributed by atoms with E-state index in [9.17, 15) is 14.4 Å². The zero-order valence-corrected chi connectivity index (χ0v) is 16.7. The topological polar surface area (TPSA) is 90.5 Å². The average Bonchev–Trinajstić information content (AvgIpc) is 2.70. The summed E-state index contributed by atoms with van der Waals surface area (Å²) >= 11 is 0. The minimum absolute atomic E-state index is 0.0238. The van der Waals surface area contributed by atoms with E-state index >= 15 is 0 Å². The SMILES string of the molecule is CC(=O)Nc1cc(C(=O)N2CCC(NC(=O)Nc3ccccc3)CC2)ccc1C. The van der Waals surface area contributed by atoms with Crippen LogP contribution >= 0.6 is 0 Å². The third kappa shape index (κ3) is 5.57. The van der Waals surface area contributed by atoms with Gasteiger partial charge in [-0.1, -0.05) is 24.3 Å². The van der Waals surface area contributed by atoms with Gasteiger partial charge < -0.3 is 20.9 Å². The second-order valence-corrected chi connectivity index (χ2v) is 7.24. The van der Waals surface area contributed by atoms with Crippen molar-refractivity contribution in [1.29, 1.82) is 0 Å². The molecule has 7 heteroatoms. The number of para-hydroxylation sites is 1. The Morgan fingerprint density at radius 2 is 1.66 bits per heavy atom. The van der Waals surface area contributed by atoms with Crippen LogP contribution in [0.3, 0.4) is 0 Å². The molecule has 4 amide bonds. The minimum atomic E-state index is -0.237. The Morgan fingerprint density at radius 1 is 0.966 bits per heavy atom. The maximum Gasteiger partial charge on any atom is 0.319 e. The van der Waals surface area contributed by atoms with Crippen molar-refractivity contribution in [3.8, 4) is 0 Å². The fraction of sp³-hybridized carbons (Fsp3) is 0.318. The van der Waals surface area contributed by atoms with Gasteiger partial charge >= 0.3 is 6.03 Å². The fourth-order valence-electron chi connectivity index (χ4n) is 3.36. The number of carbonyl (C=O) groups is 3. The quantitative estimate of drug-likeness (QED) is 0.742. The minimum Gasteiger partial charge on any atom is -0.338 e. The van der Waals surface area contributed by atoms with Crippen molar-refractivity contribution in [2.45, 2.75) is 32.7 Å². The molecule has 0 bridgehead atoms. The molecule has 0 atom stereocenters. The lowest BCUT2D eigenvalue weighted by molar-refractivity contribution is -0.114. The number of piperidine rings is 1. The third-order valence-corrected chi connectivity index (χ3v) is 4.94. The van der Waals surface area contributed by atoms with Gasteiger partial charge in [-0.15, -0.1) is 0 Å². The van der Waals surface area contributed by atoms with Gasteiger partial charge in [0.25, 0.3) is 5.91 Å². The van der Waals surface area contributed by atoms with Crippen molar-refractivity contribution in [1.82, 2.24) is 10.2 Å². The van der Waals surface area contributed by atoms with Gasteiger partial charge in [0, 0.05) is 43.0 Å². The Bertz CT molecular complexity index is 890. The summed E-state index contributed by atoms with van der Waals surface area (Å²) in [6.07, 6.45) is 1.39. The molecule has 1 heterocycles. The Hall–Kier alpha value is -3.35. The molecule has 2 aromatic rings. The average molecular weight is 394 g/mol. The summed E-state index contributed by atoms with van der Waals surface area (Å²) in [5, 5.41) is 8.54. The summed E-state index contributed by atoms with van der Waals surface area (Å²) in [4.78, 5) is 38.1. The van der Waals surface area contributed by atoms with Crippen LogP contribution in [-0.2, 0) is 4.79 Å². The second-order valence-electron chi connectivity index (χ2n) is 7.24. The Morgan fingerprint density at radius 3 is 2.31 bits per heavy atom. The number of hydrogen-bond donors (Lipinski definition) is 3. The van der Waals surface area contributed by atoms with Crippen molar-refractivity contribution in [2.75, 3.05) is 23.7 Å². The first kappa shape index (κ1) is 20.4. The number of nitrogens with one attached hydrogen (secondary N) is 3. The highest BCUT2D eigenvalue weighted by molar-refractivity contribution is 5.97. The van der Waals surface area contributed by atoms with E-state index in [1.54, 1.807) is 17.0 Å². The van der Waals surface area contributed by atoms with Gasteiger partial charge in [0.2, 0.25) is 5.91 Å². The Labute approximate surface area is 170 Å². The molecule has 1 fully saturated rings. The van der Waals surface area contributed by atoms with Crippen molar-refractivity contribution < 1.29 is 14.4 Å². The highest BCUT2D eigenvalue weighted by Gasteiger charge is 2.25. The second kappa shape index (κ2) is 9.23. The van der Waals surface area contributed by atoms with Crippen LogP contribution in [0.1, 0.15) is 35.7 Å². The summed E-state index contributed by atoms with van der Waals surface area (Å²) in [7, 11) is 0. The zero-order valence-electron chi connectivity index (χ0n) is 16.7. The van der Waals surface area contributed by atoms with E-state index in [2.05, 4.69) is 16.0 Å². The lowest BCUT2D eigenvalue weighted by atomic mass is 10.0. The van der Waals surface area contributed by atoms with Gasteiger partial charge in [-0.25, -0.2) is 4.79 Å². The molecule has 1 saturated heterocycles. The van der Waals surface area contributed by atoms with Crippen LogP contribution in [0.15, 0.2) is 48.5 Å². The molecule has 0 saturated carbocycles. The Balaban J connectivity index is 1.53. The normalized spacial score (nSPS) is 14.2. The van der Waals surface area contributed by atoms with Gasteiger partial charge in [0.05, 0.1) is 0 Å². The molecule has 1 aliphatic heterocycles. The summed E-state index contributed by atoms with van der Waals surface area (Å²) < 4.78 is 0. The fourth-order valence-corrected chi connectivity index (χ4v) is 3.36. The molecular weight excluding hydrogens is 368 g/mol. The molecule has 0 radical (unpaired) electrons. The van der Waals surface area contributed by atoms with Crippen LogP contribution in [0, 0.1) is 6.92 Å². The molecule has 0 aliphatic carbocycles. The first-order chi connectivity index (χ1) is 13.9. The molecule has 3 N–H and O–H groups in total. The van der Waals surface area contributed by atoms with Gasteiger partial charge in [-0.3, -0.25) is 9.59 Å². The molecule has 3 rings (SSSR count). The number of urea groups is 1. The van der Waals surface area contributed by atoms with Gasteiger partial charge in [-0.05, 0) is 49.6 Å². The molecule has 0 unspecified atom stereocenters. The first-order valence-electron chi connectivity index (χ1n) is 9.72. The number of hydrogen-bond acceptors (Lipinski definition) is 3. The van der Waals surface area contributed by atoms with Crippen molar-refractivity contribution in [2.24, 2.45) is 0 Å². The number of anilines is 2. The largest absolute Gasteiger partial charge is 0.338 e. The number of carbonyl (C=O) groups excluding carboxylic acids is 3. The summed E-state index contributed by atoms with van der Waals surface area (Å²) in [6.45, 7) is 4.47. The summed E-state index contributed by atoms with van der Waals surface area (Å²) in [5.74, 6) is -0.234. The van der Waals surface area contributed by atoms with E-state index in [4.69, 9.17) is 0 Å². The maximum atomic E-state index is 12.8. The Kier molecular flexibility index (Phi) is 6.49. The number of aryl methyl sites for hydroxylation is 1. The number of benzene rings is 2. The molecule has 2 aromatic carbocycles. The molecule has 7 nitrogen and oxygen atoms in total.